The van der Waals surface area contributed by atoms with Crippen LogP contribution in [-0.2, 0) is 13.9 Å². The minimum Gasteiger partial charge on any atom is -0.274 e. The second-order valence-electron chi connectivity index (χ2n) is 7.83. The normalized spacial score (nSPS) is 28.9. The molecule has 1 saturated heterocycles. The Kier molecular flexibility index (Phi) is 3.70. The maximum atomic E-state index is 13.8. The molecule has 3 nitrogen and oxygen atoms in total. The number of carbonyl (C=O) groups excluding carboxylic acids is 2. The summed E-state index contributed by atoms with van der Waals surface area (Å²) in [6, 6.07) is 24.1. The van der Waals surface area contributed by atoms with Crippen LogP contribution in [0.5, 0.6) is 0 Å². The van der Waals surface area contributed by atoms with Gasteiger partial charge in [-0.25, -0.2) is 4.90 Å². The number of hydrogen-bond donors (Lipinski definition) is 0. The molecule has 0 spiro atoms. The van der Waals surface area contributed by atoms with Gasteiger partial charge in [-0.2, -0.15) is 0 Å². The summed E-state index contributed by atoms with van der Waals surface area (Å²) in [5, 5.41) is 0. The van der Waals surface area contributed by atoms with Crippen molar-refractivity contribution in [3.63, 3.8) is 0 Å². The second-order valence-corrected chi connectivity index (χ2v) is 10.2. The van der Waals surface area contributed by atoms with Crippen LogP contribution >= 0.6 is 38.5 Å². The summed E-state index contributed by atoms with van der Waals surface area (Å²) in [5.74, 6) is -1.17. The Morgan fingerprint density at radius 2 is 1.34 bits per heavy atom. The van der Waals surface area contributed by atoms with E-state index in [1.54, 1.807) is 0 Å². The van der Waals surface area contributed by atoms with E-state index >= 15 is 0 Å². The summed E-state index contributed by atoms with van der Waals surface area (Å²) in [7, 11) is 0. The summed E-state index contributed by atoms with van der Waals surface area (Å²) in [6.45, 7) is 0. The molecule has 1 aliphatic heterocycles. The van der Waals surface area contributed by atoms with Gasteiger partial charge in [0.1, 0.15) is 0 Å². The van der Waals surface area contributed by atoms with Gasteiger partial charge < -0.3 is 0 Å². The number of nitrogens with zero attached hydrogens (tertiary/aromatic N) is 1. The maximum absolute atomic E-state index is 13.8. The summed E-state index contributed by atoms with van der Waals surface area (Å²) < 4.78 is 0.206. The van der Waals surface area contributed by atoms with Gasteiger partial charge in [0.25, 0.3) is 0 Å². The Morgan fingerprint density at radius 1 is 0.793 bits per heavy atom. The van der Waals surface area contributed by atoms with Crippen molar-refractivity contribution in [1.82, 2.24) is 0 Å². The molecular weight excluding hydrogens is 541 g/mol. The van der Waals surface area contributed by atoms with Crippen LogP contribution in [0.3, 0.4) is 0 Å². The molecule has 2 bridgehead atoms. The first-order valence-electron chi connectivity index (χ1n) is 9.55. The number of amides is 2. The number of benzene rings is 3. The smallest absolute Gasteiger partial charge is 0.239 e. The van der Waals surface area contributed by atoms with Gasteiger partial charge in [0.15, 0.2) is 0 Å². The Labute approximate surface area is 190 Å². The molecule has 0 radical (unpaired) electrons. The number of hydrogen-bond acceptors (Lipinski definition) is 2. The van der Waals surface area contributed by atoms with Gasteiger partial charge in [0.05, 0.1) is 21.8 Å². The molecule has 3 aromatic rings. The van der Waals surface area contributed by atoms with Gasteiger partial charge in [-0.05, 0) is 57.0 Å². The fourth-order valence-corrected chi connectivity index (χ4v) is 7.38. The van der Waals surface area contributed by atoms with Crippen LogP contribution < -0.4 is 4.90 Å². The highest BCUT2D eigenvalue weighted by molar-refractivity contribution is 14.1. The van der Waals surface area contributed by atoms with Crippen LogP contribution in [0.15, 0.2) is 72.8 Å². The van der Waals surface area contributed by atoms with E-state index in [-0.39, 0.29) is 17.7 Å². The number of halogens is 2. The van der Waals surface area contributed by atoms with Crippen LogP contribution in [-0.4, -0.2) is 11.8 Å². The topological polar surface area (TPSA) is 37.4 Å². The lowest BCUT2D eigenvalue weighted by Gasteiger charge is -2.51. The van der Waals surface area contributed by atoms with E-state index in [0.29, 0.717) is 5.69 Å². The van der Waals surface area contributed by atoms with Gasteiger partial charge in [-0.3, -0.25) is 9.59 Å². The largest absolute Gasteiger partial charge is 0.274 e. The lowest BCUT2D eigenvalue weighted by atomic mass is 9.55. The molecule has 0 saturated carbocycles. The SMILES string of the molecule is O=C1[C@H]2C3c4ccccc4C(Br)(c4ccccc43)[C@H]2C(=O)N1c1ccccc1I. The molecule has 5 heteroatoms. The molecule has 2 amide bonds. The first-order chi connectivity index (χ1) is 14.0. The highest BCUT2D eigenvalue weighted by atomic mass is 127. The zero-order valence-corrected chi connectivity index (χ0v) is 18.9. The Bertz CT molecular complexity index is 1180. The fourth-order valence-electron chi connectivity index (χ4n) is 5.55. The summed E-state index contributed by atoms with van der Waals surface area (Å²) in [6.07, 6.45) is 0. The lowest BCUT2D eigenvalue weighted by molar-refractivity contribution is -0.122. The molecule has 0 N–H and O–H groups in total. The number of alkyl halides is 1. The minimum atomic E-state index is -0.693. The zero-order chi connectivity index (χ0) is 19.9. The maximum Gasteiger partial charge on any atom is 0.239 e. The minimum absolute atomic E-state index is 0.0954. The average molecular weight is 556 g/mol. The van der Waals surface area contributed by atoms with Gasteiger partial charge in [0.2, 0.25) is 11.8 Å². The third-order valence-electron chi connectivity index (χ3n) is 6.61. The molecular formula is C24H15BrINO2. The van der Waals surface area contributed by atoms with Crippen molar-refractivity contribution < 1.29 is 9.59 Å². The number of carbonyl (C=O) groups is 2. The molecule has 0 aromatic heterocycles. The first kappa shape index (κ1) is 17.8. The van der Waals surface area contributed by atoms with E-state index < -0.39 is 16.2 Å². The highest BCUT2D eigenvalue weighted by Gasteiger charge is 2.67. The fraction of sp³-hybridized carbons (Fsp3) is 0.167. The van der Waals surface area contributed by atoms with Crippen molar-refractivity contribution in [3.05, 3.63) is 98.6 Å². The molecule has 142 valence electrons. The lowest BCUT2D eigenvalue weighted by Crippen LogP contribution is -2.50. The summed E-state index contributed by atoms with van der Waals surface area (Å²) >= 11 is 6.22. The molecule has 3 aromatic carbocycles. The predicted molar refractivity (Wildman–Crippen MR) is 123 cm³/mol. The highest BCUT2D eigenvalue weighted by Crippen LogP contribution is 2.66. The first-order valence-corrected chi connectivity index (χ1v) is 11.4. The average Bonchev–Trinajstić information content (AvgIpc) is 3.01. The van der Waals surface area contributed by atoms with Crippen LogP contribution in [0.1, 0.15) is 28.2 Å². The Balaban J connectivity index is 1.64. The standard InChI is InChI=1S/C24H15BrINO2/c25-24-15-9-3-1-7-13(15)19(14-8-2-4-10-16(14)24)20-21(24)23(29)27(22(20)28)18-12-6-5-11-17(18)26/h1-12,19-21H/t19?,20-,21+,24?/m0/s1. The molecule has 1 heterocycles. The van der Waals surface area contributed by atoms with Crippen molar-refractivity contribution >= 4 is 56.0 Å². The number of rotatable bonds is 1. The van der Waals surface area contributed by atoms with E-state index in [2.05, 4.69) is 62.8 Å². The quantitative estimate of drug-likeness (QED) is 0.235. The predicted octanol–water partition coefficient (Wildman–Crippen LogP) is 5.19. The third kappa shape index (κ3) is 2.07. The van der Waals surface area contributed by atoms with E-state index in [4.69, 9.17) is 0 Å². The van der Waals surface area contributed by atoms with Crippen LogP contribution in [0.25, 0.3) is 0 Å². The molecule has 3 aliphatic carbocycles. The third-order valence-corrected chi connectivity index (χ3v) is 8.87. The molecule has 4 aliphatic rings. The molecule has 0 unspecified atom stereocenters. The van der Waals surface area contributed by atoms with Gasteiger partial charge in [-0.1, -0.05) is 76.6 Å². The number of anilines is 1. The Morgan fingerprint density at radius 3 is 1.97 bits per heavy atom. The number of imide groups is 1. The molecule has 7 rings (SSSR count). The van der Waals surface area contributed by atoms with Gasteiger partial charge in [-0.15, -0.1) is 0 Å². The van der Waals surface area contributed by atoms with Crippen molar-refractivity contribution in [2.24, 2.45) is 11.8 Å². The molecule has 2 atom stereocenters. The van der Waals surface area contributed by atoms with E-state index in [0.717, 1.165) is 25.8 Å². The van der Waals surface area contributed by atoms with Crippen LogP contribution in [0.2, 0.25) is 0 Å². The Hall–Kier alpha value is -1.99. The van der Waals surface area contributed by atoms with E-state index in [1.165, 1.54) is 4.90 Å². The zero-order valence-electron chi connectivity index (χ0n) is 15.2. The molecule has 1 fully saturated rings. The van der Waals surface area contributed by atoms with Gasteiger partial charge >= 0.3 is 0 Å². The second kappa shape index (κ2) is 6.01. The number of para-hydroxylation sites is 1. The van der Waals surface area contributed by atoms with E-state index in [1.807, 2.05) is 48.5 Å². The van der Waals surface area contributed by atoms with Crippen LogP contribution in [0.4, 0.5) is 5.69 Å². The monoisotopic (exact) mass is 555 g/mol. The summed E-state index contributed by atoms with van der Waals surface area (Å²) in [4.78, 5) is 29.0. The van der Waals surface area contributed by atoms with E-state index in [9.17, 15) is 9.59 Å². The van der Waals surface area contributed by atoms with Crippen molar-refractivity contribution in [2.45, 2.75) is 10.2 Å². The molecule has 29 heavy (non-hydrogen) atoms. The summed E-state index contributed by atoms with van der Waals surface area (Å²) in [5.41, 5.74) is 5.19. The van der Waals surface area contributed by atoms with Crippen LogP contribution in [0, 0.1) is 15.4 Å². The van der Waals surface area contributed by atoms with Crippen molar-refractivity contribution in [2.75, 3.05) is 4.90 Å². The van der Waals surface area contributed by atoms with Gasteiger partial charge in [0, 0.05) is 9.49 Å². The van der Waals surface area contributed by atoms with Crippen molar-refractivity contribution in [1.29, 1.82) is 0 Å². The van der Waals surface area contributed by atoms with Crippen molar-refractivity contribution in [3.8, 4) is 0 Å².